The van der Waals surface area contributed by atoms with Crippen LogP contribution in [0, 0.1) is 34.8 Å². The van der Waals surface area contributed by atoms with E-state index in [-0.39, 0.29) is 35.9 Å². The molecule has 0 spiro atoms. The van der Waals surface area contributed by atoms with E-state index in [0.29, 0.717) is 24.3 Å². The van der Waals surface area contributed by atoms with E-state index in [4.69, 9.17) is 10.00 Å². The Labute approximate surface area is 227 Å². The Morgan fingerprint density at radius 3 is 2.00 bits per heavy atom. The summed E-state index contributed by atoms with van der Waals surface area (Å²) in [5.74, 6) is -1.31. The summed E-state index contributed by atoms with van der Waals surface area (Å²) in [5, 5.41) is 8.81. The Morgan fingerprint density at radius 2 is 1.38 bits per heavy atom. The van der Waals surface area contributed by atoms with E-state index < -0.39 is 17.8 Å². The van der Waals surface area contributed by atoms with Gasteiger partial charge in [-0.25, -0.2) is 8.78 Å². The van der Waals surface area contributed by atoms with Crippen LogP contribution in [0.2, 0.25) is 0 Å². The summed E-state index contributed by atoms with van der Waals surface area (Å²) in [5.41, 5.74) is 3.45. The summed E-state index contributed by atoms with van der Waals surface area (Å²) in [4.78, 5) is 0. The second-order valence-corrected chi connectivity index (χ2v) is 11.3. The summed E-state index contributed by atoms with van der Waals surface area (Å²) in [6.45, 7) is 2.31. The standard InChI is InChI=1S/C33H33F4NO/c1-21-2-4-22(5-3-21)23-6-8-24(9-7-23)26-13-17-30(32(35)18-26)25-10-14-28(15-11-25)33(36,37)39-29-16-12-27(20-38)31(34)19-29/h6-9,12-13,16-19,21-22,25,28H,2-5,10-11,14-15H2,1H3. The minimum Gasteiger partial charge on any atom is -0.432 e. The molecular weight excluding hydrogens is 502 g/mol. The van der Waals surface area contributed by atoms with Crippen molar-refractivity contribution >= 4 is 0 Å². The lowest BCUT2D eigenvalue weighted by atomic mass is 9.77. The highest BCUT2D eigenvalue weighted by atomic mass is 19.3. The highest BCUT2D eigenvalue weighted by molar-refractivity contribution is 5.64. The first-order valence-corrected chi connectivity index (χ1v) is 13.9. The maximum atomic E-state index is 15.2. The number of nitrogens with zero attached hydrogens (tertiary/aromatic N) is 1. The maximum Gasteiger partial charge on any atom is 0.400 e. The van der Waals surface area contributed by atoms with E-state index in [1.165, 1.54) is 37.3 Å². The second-order valence-electron chi connectivity index (χ2n) is 11.3. The van der Waals surface area contributed by atoms with Crippen molar-refractivity contribution < 1.29 is 22.3 Å². The molecule has 0 radical (unpaired) electrons. The SMILES string of the molecule is CC1CCC(c2ccc(-c3ccc(C4CCC(C(F)(F)Oc5ccc(C#N)c(F)c5)CC4)c(F)c3)cc2)CC1. The first-order valence-electron chi connectivity index (χ1n) is 13.9. The normalized spacial score (nSPS) is 23.7. The average molecular weight is 536 g/mol. The predicted molar refractivity (Wildman–Crippen MR) is 144 cm³/mol. The number of ether oxygens (including phenoxy) is 1. The van der Waals surface area contributed by atoms with Crippen molar-refractivity contribution in [3.63, 3.8) is 0 Å². The zero-order valence-electron chi connectivity index (χ0n) is 22.1. The van der Waals surface area contributed by atoms with Gasteiger partial charge in [-0.05, 0) is 96.7 Å². The molecule has 204 valence electrons. The van der Waals surface area contributed by atoms with Gasteiger partial charge in [0.15, 0.2) is 0 Å². The lowest BCUT2D eigenvalue weighted by molar-refractivity contribution is -0.222. The maximum absolute atomic E-state index is 15.2. The number of nitriles is 1. The van der Waals surface area contributed by atoms with Gasteiger partial charge >= 0.3 is 6.11 Å². The first-order chi connectivity index (χ1) is 18.7. The highest BCUT2D eigenvalue weighted by Crippen LogP contribution is 2.44. The molecule has 0 N–H and O–H groups in total. The molecule has 2 saturated carbocycles. The molecule has 39 heavy (non-hydrogen) atoms. The van der Waals surface area contributed by atoms with Crippen LogP contribution in [0.25, 0.3) is 11.1 Å². The second kappa shape index (κ2) is 11.4. The molecule has 0 aromatic heterocycles. The molecule has 5 rings (SSSR count). The number of halogens is 4. The zero-order valence-corrected chi connectivity index (χ0v) is 22.1. The van der Waals surface area contributed by atoms with Crippen molar-refractivity contribution in [3.8, 4) is 22.9 Å². The van der Waals surface area contributed by atoms with E-state index in [9.17, 15) is 13.2 Å². The Hall–Kier alpha value is -3.33. The van der Waals surface area contributed by atoms with Gasteiger partial charge in [-0.3, -0.25) is 0 Å². The Kier molecular flexibility index (Phi) is 7.98. The molecule has 3 aromatic rings. The lowest BCUT2D eigenvalue weighted by Crippen LogP contribution is -2.37. The van der Waals surface area contributed by atoms with Crippen molar-refractivity contribution in [1.82, 2.24) is 0 Å². The molecule has 0 heterocycles. The summed E-state index contributed by atoms with van der Waals surface area (Å²) in [6, 6.07) is 18.5. The topological polar surface area (TPSA) is 33.0 Å². The smallest absolute Gasteiger partial charge is 0.400 e. The largest absolute Gasteiger partial charge is 0.432 e. The minimum atomic E-state index is -3.49. The van der Waals surface area contributed by atoms with Gasteiger partial charge in [0, 0.05) is 6.07 Å². The predicted octanol–water partition coefficient (Wildman–Crippen LogP) is 9.74. The van der Waals surface area contributed by atoms with Gasteiger partial charge in [0.1, 0.15) is 23.5 Å². The highest BCUT2D eigenvalue weighted by Gasteiger charge is 2.44. The molecule has 2 aliphatic rings. The summed E-state index contributed by atoms with van der Waals surface area (Å²) >= 11 is 0. The monoisotopic (exact) mass is 535 g/mol. The van der Waals surface area contributed by atoms with E-state index in [1.807, 2.05) is 6.07 Å². The molecule has 0 bridgehead atoms. The third kappa shape index (κ3) is 6.13. The minimum absolute atomic E-state index is 0.144. The van der Waals surface area contributed by atoms with Crippen molar-refractivity contribution in [3.05, 3.63) is 89.0 Å². The third-order valence-corrected chi connectivity index (χ3v) is 8.69. The van der Waals surface area contributed by atoms with E-state index in [1.54, 1.807) is 18.2 Å². The fourth-order valence-corrected chi connectivity index (χ4v) is 6.21. The fourth-order valence-electron chi connectivity index (χ4n) is 6.21. The van der Waals surface area contributed by atoms with Crippen LogP contribution >= 0.6 is 0 Å². The first kappa shape index (κ1) is 27.2. The fraction of sp³-hybridized carbons (Fsp3) is 0.424. The molecule has 2 aliphatic carbocycles. The van der Waals surface area contributed by atoms with Gasteiger partial charge in [0.2, 0.25) is 0 Å². The number of alkyl halides is 2. The zero-order chi connectivity index (χ0) is 27.6. The van der Waals surface area contributed by atoms with Crippen LogP contribution in [0.3, 0.4) is 0 Å². The van der Waals surface area contributed by atoms with Crippen molar-refractivity contribution in [2.24, 2.45) is 11.8 Å². The lowest BCUT2D eigenvalue weighted by Gasteiger charge is -2.33. The van der Waals surface area contributed by atoms with Crippen molar-refractivity contribution in [2.45, 2.75) is 76.2 Å². The Morgan fingerprint density at radius 1 is 0.744 bits per heavy atom. The van der Waals surface area contributed by atoms with E-state index in [0.717, 1.165) is 29.2 Å². The number of benzene rings is 3. The summed E-state index contributed by atoms with van der Waals surface area (Å²) < 4.78 is 63.5. The average Bonchev–Trinajstić information content (AvgIpc) is 2.93. The summed E-state index contributed by atoms with van der Waals surface area (Å²) in [6.07, 6.45) is 2.64. The molecule has 2 fully saturated rings. The molecule has 0 atom stereocenters. The van der Waals surface area contributed by atoms with Gasteiger partial charge < -0.3 is 4.74 Å². The van der Waals surface area contributed by atoms with E-state index in [2.05, 4.69) is 31.2 Å². The molecule has 0 saturated heterocycles. The third-order valence-electron chi connectivity index (χ3n) is 8.69. The molecule has 6 heteroatoms. The van der Waals surface area contributed by atoms with Crippen LogP contribution in [-0.4, -0.2) is 6.11 Å². The van der Waals surface area contributed by atoms with Gasteiger partial charge in [-0.1, -0.05) is 56.2 Å². The van der Waals surface area contributed by atoms with Crippen LogP contribution < -0.4 is 4.74 Å². The molecular formula is C33H33F4NO. The van der Waals surface area contributed by atoms with Crippen molar-refractivity contribution in [1.29, 1.82) is 5.26 Å². The van der Waals surface area contributed by atoms with Gasteiger partial charge in [-0.2, -0.15) is 14.0 Å². The van der Waals surface area contributed by atoms with Gasteiger partial charge in [-0.15, -0.1) is 0 Å². The van der Waals surface area contributed by atoms with Gasteiger partial charge in [0.05, 0.1) is 11.5 Å². The molecule has 0 amide bonds. The van der Waals surface area contributed by atoms with Crippen molar-refractivity contribution in [2.75, 3.05) is 0 Å². The van der Waals surface area contributed by atoms with Crippen LogP contribution in [0.1, 0.15) is 86.8 Å². The molecule has 0 aliphatic heterocycles. The van der Waals surface area contributed by atoms with Crippen LogP contribution in [0.4, 0.5) is 17.6 Å². The van der Waals surface area contributed by atoms with E-state index >= 15 is 4.39 Å². The number of hydrogen-bond acceptors (Lipinski definition) is 2. The van der Waals surface area contributed by atoms with Crippen LogP contribution in [0.15, 0.2) is 60.7 Å². The molecule has 2 nitrogen and oxygen atoms in total. The Balaban J connectivity index is 1.20. The molecule has 0 unspecified atom stereocenters. The number of rotatable bonds is 6. The van der Waals surface area contributed by atoms with Crippen LogP contribution in [0.5, 0.6) is 5.75 Å². The number of hydrogen-bond donors (Lipinski definition) is 0. The van der Waals surface area contributed by atoms with Gasteiger partial charge in [0.25, 0.3) is 0 Å². The quantitative estimate of drug-likeness (QED) is 0.294. The summed E-state index contributed by atoms with van der Waals surface area (Å²) in [7, 11) is 0. The van der Waals surface area contributed by atoms with Crippen LogP contribution in [-0.2, 0) is 0 Å². The Bertz CT molecular complexity index is 1330. The molecule has 3 aromatic carbocycles.